The molecule has 8 heteroatoms. The Morgan fingerprint density at radius 1 is 1.24 bits per heavy atom. The Kier molecular flexibility index (Phi) is 7.51. The van der Waals surface area contributed by atoms with Crippen molar-refractivity contribution in [2.45, 2.75) is 12.5 Å². The van der Waals surface area contributed by atoms with E-state index in [1.165, 1.54) is 0 Å². The number of benzene rings is 2. The first-order valence-corrected chi connectivity index (χ1v) is 10.9. The Bertz CT molecular complexity index is 939. The molecule has 0 radical (unpaired) electrons. The van der Waals surface area contributed by atoms with Crippen LogP contribution in [0.15, 0.2) is 59.0 Å². The van der Waals surface area contributed by atoms with E-state index in [0.29, 0.717) is 23.5 Å². The summed E-state index contributed by atoms with van der Waals surface area (Å²) >= 11 is 6.69. The summed E-state index contributed by atoms with van der Waals surface area (Å²) in [6.45, 7) is 0.328. The molecule has 0 aliphatic carbocycles. The maximum Gasteiger partial charge on any atom is 0.287 e. The molecule has 2 aromatic carbocycles. The Balaban J connectivity index is 1.62. The van der Waals surface area contributed by atoms with E-state index < -0.39 is 0 Å². The monoisotopic (exact) mass is 430 g/mol. The molecule has 0 aliphatic rings. The number of hydrogen-bond acceptors (Lipinski definition) is 6. The summed E-state index contributed by atoms with van der Waals surface area (Å²) in [5.74, 6) is 1.58. The second kappa shape index (κ2) is 10.3. The molecule has 0 saturated carbocycles. The van der Waals surface area contributed by atoms with Gasteiger partial charge in [0.15, 0.2) is 5.76 Å². The maximum atomic E-state index is 12.6. The van der Waals surface area contributed by atoms with E-state index in [9.17, 15) is 4.79 Å². The molecule has 3 N–H and O–H groups in total. The van der Waals surface area contributed by atoms with Crippen LogP contribution >= 0.6 is 24.0 Å². The number of para-hydroxylation sites is 1. The van der Waals surface area contributed by atoms with Crippen molar-refractivity contribution < 1.29 is 19.2 Å². The molecule has 0 bridgehead atoms. The molecule has 1 aromatic heterocycles. The van der Waals surface area contributed by atoms with Crippen molar-refractivity contribution in [3.63, 3.8) is 0 Å². The van der Waals surface area contributed by atoms with Gasteiger partial charge in [-0.05, 0) is 54.8 Å². The van der Waals surface area contributed by atoms with E-state index in [-0.39, 0.29) is 22.7 Å². The first-order valence-electron chi connectivity index (χ1n) is 9.06. The Hall–Kier alpha value is -2.55. The van der Waals surface area contributed by atoms with Crippen LogP contribution in [0.25, 0.3) is 11.0 Å². The Morgan fingerprint density at radius 3 is 2.69 bits per heavy atom. The minimum atomic E-state index is -0.259. The quantitative estimate of drug-likeness (QED) is 0.349. The number of carbonyl (C=O) groups is 1. The molecule has 1 amide bonds. The molecule has 0 saturated heterocycles. The maximum absolute atomic E-state index is 12.6. The van der Waals surface area contributed by atoms with Crippen LogP contribution in [0.5, 0.6) is 5.75 Å². The molecule has 0 spiro atoms. The lowest BCUT2D eigenvalue weighted by molar-refractivity contribution is 0.0894. The van der Waals surface area contributed by atoms with Gasteiger partial charge in [-0.3, -0.25) is 15.5 Å². The van der Waals surface area contributed by atoms with Crippen LogP contribution in [0.2, 0.25) is 0 Å². The number of thiocarbonyl (C=S) groups is 1. The van der Waals surface area contributed by atoms with Gasteiger partial charge >= 0.3 is 0 Å². The molecule has 0 unspecified atom stereocenters. The molecule has 3 rings (SSSR count). The fourth-order valence-electron chi connectivity index (χ4n) is 2.77. The van der Waals surface area contributed by atoms with Crippen molar-refractivity contribution in [1.82, 2.24) is 10.8 Å². The van der Waals surface area contributed by atoms with Crippen molar-refractivity contribution in [2.24, 2.45) is 0 Å². The van der Waals surface area contributed by atoms with Crippen molar-refractivity contribution >= 4 is 45.8 Å². The summed E-state index contributed by atoms with van der Waals surface area (Å²) in [6.07, 6.45) is 2.79. The number of hydroxylamine groups is 1. The summed E-state index contributed by atoms with van der Waals surface area (Å²) < 4.78 is 11.5. The third-order valence-electron chi connectivity index (χ3n) is 4.32. The van der Waals surface area contributed by atoms with E-state index in [4.69, 9.17) is 26.6 Å². The van der Waals surface area contributed by atoms with E-state index >= 15 is 0 Å². The lowest BCUT2D eigenvalue weighted by Crippen LogP contribution is -2.39. The topological polar surface area (TPSA) is 83.7 Å². The number of fused-ring (bicyclic) bond motifs is 1. The van der Waals surface area contributed by atoms with Gasteiger partial charge in [-0.1, -0.05) is 30.4 Å². The molecule has 0 fully saturated rings. The predicted molar refractivity (Wildman–Crippen MR) is 119 cm³/mol. The van der Waals surface area contributed by atoms with Crippen LogP contribution < -0.4 is 15.5 Å². The standard InChI is InChI=1S/C21H22N2O4S2/c1-29-11-10-16(13-26-17-8-6-14(7-9-17)21(28)23-25)22-20(24)19-12-15-4-2-3-5-18(15)27-19/h2-9,12,16,25H,10-11,13H2,1H3,(H,22,24)(H,23,28)/t16-/m0/s1. The van der Waals surface area contributed by atoms with E-state index in [1.54, 1.807) is 42.1 Å². The zero-order chi connectivity index (χ0) is 20.6. The highest BCUT2D eigenvalue weighted by Gasteiger charge is 2.18. The van der Waals surface area contributed by atoms with E-state index in [2.05, 4.69) is 5.32 Å². The van der Waals surface area contributed by atoms with Gasteiger partial charge in [0, 0.05) is 10.9 Å². The predicted octanol–water partition coefficient (Wildman–Crippen LogP) is 4.02. The Morgan fingerprint density at radius 2 is 2.00 bits per heavy atom. The second-order valence-electron chi connectivity index (χ2n) is 6.38. The summed E-state index contributed by atoms with van der Waals surface area (Å²) in [7, 11) is 0. The normalized spacial score (nSPS) is 11.8. The fraction of sp³-hybridized carbons (Fsp3) is 0.238. The molecule has 1 atom stereocenters. The third-order valence-corrected chi connectivity index (χ3v) is 5.30. The van der Waals surface area contributed by atoms with Crippen molar-refractivity contribution in [3.8, 4) is 5.75 Å². The molecule has 0 aliphatic heterocycles. The third kappa shape index (κ3) is 5.72. The average molecular weight is 431 g/mol. The smallest absolute Gasteiger partial charge is 0.287 e. The minimum Gasteiger partial charge on any atom is -0.491 e. The molecule has 1 heterocycles. The van der Waals surface area contributed by atoms with Crippen molar-refractivity contribution in [1.29, 1.82) is 0 Å². The molecular weight excluding hydrogens is 408 g/mol. The highest BCUT2D eigenvalue weighted by Crippen LogP contribution is 2.19. The van der Waals surface area contributed by atoms with Crippen LogP contribution in [0.4, 0.5) is 0 Å². The number of furan rings is 1. The summed E-state index contributed by atoms with van der Waals surface area (Å²) in [4.78, 5) is 12.9. The molecule has 3 aromatic rings. The van der Waals surface area contributed by atoms with Crippen molar-refractivity contribution in [2.75, 3.05) is 18.6 Å². The van der Waals surface area contributed by atoms with E-state index in [1.807, 2.05) is 36.0 Å². The number of nitrogens with one attached hydrogen (secondary N) is 2. The minimum absolute atomic E-state index is 0.164. The number of rotatable bonds is 9. The average Bonchev–Trinajstić information content (AvgIpc) is 3.20. The van der Waals surface area contributed by atoms with Crippen LogP contribution in [-0.4, -0.2) is 40.8 Å². The van der Waals surface area contributed by atoms with Gasteiger partial charge in [0.05, 0.1) is 6.04 Å². The highest BCUT2D eigenvalue weighted by atomic mass is 32.2. The summed E-state index contributed by atoms with van der Waals surface area (Å²) in [6, 6.07) is 16.2. The molecule has 152 valence electrons. The number of hydrogen-bond donors (Lipinski definition) is 3. The molecular formula is C21H22N2O4S2. The highest BCUT2D eigenvalue weighted by molar-refractivity contribution is 7.98. The van der Waals surface area contributed by atoms with Crippen molar-refractivity contribution in [3.05, 3.63) is 65.9 Å². The lowest BCUT2D eigenvalue weighted by Gasteiger charge is -2.18. The second-order valence-corrected chi connectivity index (χ2v) is 7.77. The summed E-state index contributed by atoms with van der Waals surface area (Å²) in [5, 5.41) is 12.8. The largest absolute Gasteiger partial charge is 0.491 e. The van der Waals surface area contributed by atoms with Gasteiger partial charge in [-0.25, -0.2) is 0 Å². The number of thioether (sulfide) groups is 1. The van der Waals surface area contributed by atoms with Gasteiger partial charge in [-0.15, -0.1) is 0 Å². The lowest BCUT2D eigenvalue weighted by atomic mass is 10.2. The van der Waals surface area contributed by atoms with Crippen LogP contribution in [0.3, 0.4) is 0 Å². The van der Waals surface area contributed by atoms with E-state index in [0.717, 1.165) is 17.6 Å². The van der Waals surface area contributed by atoms with Gasteiger partial charge < -0.3 is 14.5 Å². The first-order chi connectivity index (χ1) is 14.1. The van der Waals surface area contributed by atoms with Crippen LogP contribution in [-0.2, 0) is 0 Å². The zero-order valence-electron chi connectivity index (χ0n) is 15.9. The number of amides is 1. The molecule has 6 nitrogen and oxygen atoms in total. The van der Waals surface area contributed by atoms with Crippen LogP contribution in [0.1, 0.15) is 22.5 Å². The fourth-order valence-corrected chi connectivity index (χ4v) is 3.43. The van der Waals surface area contributed by atoms with Gasteiger partial charge in [-0.2, -0.15) is 11.8 Å². The van der Waals surface area contributed by atoms with Gasteiger partial charge in [0.2, 0.25) is 0 Å². The number of carbonyl (C=O) groups excluding carboxylic acids is 1. The van der Waals surface area contributed by atoms with Gasteiger partial charge in [0.1, 0.15) is 22.9 Å². The summed E-state index contributed by atoms with van der Waals surface area (Å²) in [5.41, 5.74) is 3.32. The van der Waals surface area contributed by atoms with Crippen LogP contribution in [0, 0.1) is 0 Å². The Labute approximate surface area is 178 Å². The zero-order valence-corrected chi connectivity index (χ0v) is 17.5. The SMILES string of the molecule is CSCC[C@@H](COc1ccc(C(=S)NO)cc1)NC(=O)c1cc2ccccc2o1. The van der Waals surface area contributed by atoms with Gasteiger partial charge in [0.25, 0.3) is 5.91 Å². The first kappa shape index (κ1) is 21.2. The molecule has 29 heavy (non-hydrogen) atoms. The number of ether oxygens (including phenoxy) is 1.